The van der Waals surface area contributed by atoms with Gasteiger partial charge in [0, 0.05) is 5.92 Å². The minimum Gasteiger partial charge on any atom is -0.408 e. The van der Waals surface area contributed by atoms with Gasteiger partial charge in [-0.15, -0.1) is 0 Å². The van der Waals surface area contributed by atoms with E-state index in [9.17, 15) is 4.79 Å². The Bertz CT molecular complexity index is 569. The first-order chi connectivity index (χ1) is 10.8. The maximum atomic E-state index is 12.1. The van der Waals surface area contributed by atoms with Crippen molar-refractivity contribution in [2.45, 2.75) is 84.0 Å². The Morgan fingerprint density at radius 2 is 1.87 bits per heavy atom. The lowest BCUT2D eigenvalue weighted by Gasteiger charge is -2.45. The summed E-state index contributed by atoms with van der Waals surface area (Å²) in [6.45, 7) is 12.9. The van der Waals surface area contributed by atoms with E-state index < -0.39 is 8.32 Å². The molecule has 128 valence electrons. The molecule has 2 nitrogen and oxygen atoms in total. The number of aryl methyl sites for hydroxylation is 1. The smallest absolute Gasteiger partial charge is 0.193 e. The third kappa shape index (κ3) is 3.46. The number of hydrogen-bond donors (Lipinski definition) is 0. The van der Waals surface area contributed by atoms with E-state index in [4.69, 9.17) is 4.43 Å². The minimum atomic E-state index is -1.69. The van der Waals surface area contributed by atoms with Crippen molar-refractivity contribution in [2.75, 3.05) is 0 Å². The highest BCUT2D eigenvalue weighted by Crippen LogP contribution is 2.46. The molecule has 0 saturated heterocycles. The van der Waals surface area contributed by atoms with Gasteiger partial charge in [-0.2, -0.15) is 0 Å². The first kappa shape index (κ1) is 18.4. The van der Waals surface area contributed by atoms with Gasteiger partial charge in [-0.1, -0.05) is 44.5 Å². The quantitative estimate of drug-likeness (QED) is 0.625. The van der Waals surface area contributed by atoms with Crippen LogP contribution in [0.4, 0.5) is 0 Å². The van der Waals surface area contributed by atoms with Crippen molar-refractivity contribution in [2.24, 2.45) is 0 Å². The van der Waals surface area contributed by atoms with Gasteiger partial charge >= 0.3 is 0 Å². The van der Waals surface area contributed by atoms with Crippen LogP contribution in [-0.4, -0.2) is 14.1 Å². The van der Waals surface area contributed by atoms with Gasteiger partial charge in [-0.25, -0.2) is 0 Å². The molecule has 1 aliphatic rings. The fraction of sp³-hybridized carbons (Fsp3) is 0.650. The van der Waals surface area contributed by atoms with Gasteiger partial charge in [0.2, 0.25) is 0 Å². The zero-order valence-electron chi connectivity index (χ0n) is 15.7. The van der Waals surface area contributed by atoms with E-state index >= 15 is 0 Å². The zero-order chi connectivity index (χ0) is 17.3. The number of ketones is 1. The Hall–Kier alpha value is -0.933. The van der Waals surface area contributed by atoms with Gasteiger partial charge in [0.25, 0.3) is 0 Å². The van der Waals surface area contributed by atoms with Crippen LogP contribution in [0.2, 0.25) is 18.1 Å². The number of carbonyl (C=O) groups excluding carboxylic acids is 1. The third-order valence-electron chi connectivity index (χ3n) is 5.93. The van der Waals surface area contributed by atoms with E-state index in [0.717, 1.165) is 31.0 Å². The Morgan fingerprint density at radius 3 is 2.39 bits per heavy atom. The lowest BCUT2D eigenvalue weighted by atomic mass is 9.73. The van der Waals surface area contributed by atoms with Crippen LogP contribution in [0.1, 0.15) is 70.1 Å². The standard InChI is InChI=1S/C20H32O2Si/c1-7-23(8-2,9-3)22-20(6)13-12-17(16(5)21)18-14-15(4)10-11-19(18)20/h10-11,14,17H,7-9,12-13H2,1-6H3. The van der Waals surface area contributed by atoms with Crippen molar-refractivity contribution in [1.82, 2.24) is 0 Å². The van der Waals surface area contributed by atoms with Crippen LogP contribution in [0.25, 0.3) is 0 Å². The Morgan fingerprint density at radius 1 is 1.26 bits per heavy atom. The molecular formula is C20H32O2Si. The fourth-order valence-corrected chi connectivity index (χ4v) is 7.24. The number of hydrogen-bond acceptors (Lipinski definition) is 2. The van der Waals surface area contributed by atoms with Crippen molar-refractivity contribution >= 4 is 14.1 Å². The first-order valence-electron chi connectivity index (χ1n) is 9.12. The van der Waals surface area contributed by atoms with Crippen molar-refractivity contribution in [3.63, 3.8) is 0 Å². The van der Waals surface area contributed by atoms with Gasteiger partial charge in [-0.05, 0) is 62.9 Å². The van der Waals surface area contributed by atoms with E-state index in [1.165, 1.54) is 16.7 Å². The molecule has 0 saturated carbocycles. The van der Waals surface area contributed by atoms with Gasteiger partial charge in [0.15, 0.2) is 8.32 Å². The lowest BCUT2D eigenvalue weighted by molar-refractivity contribution is -0.119. The normalized spacial score (nSPS) is 24.3. The molecule has 1 aromatic rings. The van der Waals surface area contributed by atoms with Crippen molar-refractivity contribution in [3.8, 4) is 0 Å². The summed E-state index contributed by atoms with van der Waals surface area (Å²) in [5.41, 5.74) is 3.45. The average Bonchev–Trinajstić information content (AvgIpc) is 2.52. The molecule has 23 heavy (non-hydrogen) atoms. The SMILES string of the molecule is CC[Si](CC)(CC)OC1(C)CCC(C(C)=O)c2cc(C)ccc21. The largest absolute Gasteiger partial charge is 0.408 e. The van der Waals surface area contributed by atoms with E-state index in [1.54, 1.807) is 6.92 Å². The van der Waals surface area contributed by atoms with E-state index in [-0.39, 0.29) is 17.3 Å². The number of fused-ring (bicyclic) bond motifs is 1. The van der Waals surface area contributed by atoms with Crippen LogP contribution in [0.3, 0.4) is 0 Å². The summed E-state index contributed by atoms with van der Waals surface area (Å²) in [7, 11) is -1.69. The molecule has 2 rings (SSSR count). The maximum Gasteiger partial charge on any atom is 0.193 e. The van der Waals surface area contributed by atoms with Gasteiger partial charge < -0.3 is 4.43 Å². The van der Waals surface area contributed by atoms with Crippen molar-refractivity contribution in [3.05, 3.63) is 34.9 Å². The molecule has 1 aromatic carbocycles. The Kier molecular flexibility index (Phi) is 5.52. The Balaban J connectivity index is 2.48. The summed E-state index contributed by atoms with van der Waals surface area (Å²) in [5.74, 6) is 0.325. The lowest BCUT2D eigenvalue weighted by Crippen LogP contribution is -2.46. The molecule has 0 aliphatic heterocycles. The minimum absolute atomic E-state index is 0.0440. The highest BCUT2D eigenvalue weighted by atomic mass is 28.4. The average molecular weight is 333 g/mol. The predicted octanol–water partition coefficient (Wildman–Crippen LogP) is 5.70. The summed E-state index contributed by atoms with van der Waals surface area (Å²) in [6, 6.07) is 10.1. The van der Waals surface area contributed by atoms with Crippen LogP contribution < -0.4 is 0 Å². The maximum absolute atomic E-state index is 12.1. The van der Waals surface area contributed by atoms with Gasteiger partial charge in [-0.3, -0.25) is 4.79 Å². The van der Waals surface area contributed by atoms with E-state index in [1.807, 2.05) is 0 Å². The van der Waals surface area contributed by atoms with Crippen molar-refractivity contribution in [1.29, 1.82) is 0 Å². The topological polar surface area (TPSA) is 26.3 Å². The van der Waals surface area contributed by atoms with Crippen molar-refractivity contribution < 1.29 is 9.22 Å². The number of carbonyl (C=O) groups is 1. The molecule has 0 amide bonds. The predicted molar refractivity (Wildman–Crippen MR) is 99.5 cm³/mol. The molecule has 0 bridgehead atoms. The first-order valence-corrected chi connectivity index (χ1v) is 11.7. The zero-order valence-corrected chi connectivity index (χ0v) is 16.7. The monoisotopic (exact) mass is 332 g/mol. The van der Waals surface area contributed by atoms with E-state index in [2.05, 4.69) is 52.8 Å². The second-order valence-corrected chi connectivity index (χ2v) is 12.1. The molecule has 2 atom stereocenters. The highest BCUT2D eigenvalue weighted by Gasteiger charge is 2.43. The van der Waals surface area contributed by atoms with Crippen LogP contribution in [0, 0.1) is 6.92 Å². The fourth-order valence-electron chi connectivity index (χ4n) is 4.13. The van der Waals surface area contributed by atoms with Crippen LogP contribution in [0.5, 0.6) is 0 Å². The summed E-state index contributed by atoms with van der Waals surface area (Å²) in [6.07, 6.45) is 1.85. The molecule has 0 aromatic heterocycles. The molecule has 0 spiro atoms. The van der Waals surface area contributed by atoms with Gasteiger partial charge in [0.05, 0.1) is 5.60 Å². The summed E-state index contributed by atoms with van der Waals surface area (Å²) < 4.78 is 6.94. The van der Waals surface area contributed by atoms with Crippen LogP contribution in [-0.2, 0) is 14.8 Å². The third-order valence-corrected chi connectivity index (χ3v) is 10.7. The summed E-state index contributed by atoms with van der Waals surface area (Å²) >= 11 is 0. The molecule has 0 heterocycles. The van der Waals surface area contributed by atoms with Crippen LogP contribution >= 0.6 is 0 Å². The molecule has 2 unspecified atom stereocenters. The second kappa shape index (κ2) is 6.90. The summed E-state index contributed by atoms with van der Waals surface area (Å²) in [4.78, 5) is 12.1. The molecule has 1 aliphatic carbocycles. The number of rotatable bonds is 6. The number of Topliss-reactive ketones (excluding diaryl/α,β-unsaturated/α-hetero) is 1. The molecule has 0 fully saturated rings. The van der Waals surface area contributed by atoms with E-state index in [0.29, 0.717) is 0 Å². The van der Waals surface area contributed by atoms with Gasteiger partial charge in [0.1, 0.15) is 5.78 Å². The molecule has 0 N–H and O–H groups in total. The summed E-state index contributed by atoms with van der Waals surface area (Å²) in [5, 5.41) is 0. The Labute approximate surface area is 142 Å². The molecule has 0 radical (unpaired) electrons. The highest BCUT2D eigenvalue weighted by molar-refractivity contribution is 6.73. The molecule has 3 heteroatoms. The van der Waals surface area contributed by atoms with Crippen LogP contribution in [0.15, 0.2) is 18.2 Å². The number of benzene rings is 1. The second-order valence-electron chi connectivity index (χ2n) is 7.37. The molecular weight excluding hydrogens is 300 g/mol.